The van der Waals surface area contributed by atoms with Crippen molar-refractivity contribution in [2.45, 2.75) is 76.8 Å². The Morgan fingerprint density at radius 2 is 1.61 bits per heavy atom. The van der Waals surface area contributed by atoms with Crippen LogP contribution in [0.25, 0.3) is 11.4 Å². The number of nitrogen functional groups attached to an aromatic ring is 1. The number of carbonyl (C=O) groups is 2. The topological polar surface area (TPSA) is 121 Å². The quantitative estimate of drug-likeness (QED) is 0.329. The molecule has 46 heavy (non-hydrogen) atoms. The van der Waals surface area contributed by atoms with E-state index in [1.807, 2.05) is 59.2 Å². The van der Waals surface area contributed by atoms with E-state index in [0.29, 0.717) is 54.9 Å². The Hall–Kier alpha value is -3.63. The Balaban J connectivity index is 1.12. The molecule has 3 N–H and O–H groups in total. The minimum absolute atomic E-state index is 0.0274. The summed E-state index contributed by atoms with van der Waals surface area (Å²) in [5.41, 5.74) is 9.29. The third-order valence-electron chi connectivity index (χ3n) is 10.2. The van der Waals surface area contributed by atoms with Crippen LogP contribution < -0.4 is 11.4 Å². The van der Waals surface area contributed by atoms with Gasteiger partial charge in [0.2, 0.25) is 11.8 Å². The molecule has 10 nitrogen and oxygen atoms in total. The number of piperidine rings is 2. The molecule has 3 aromatic rings. The van der Waals surface area contributed by atoms with E-state index in [1.54, 1.807) is 0 Å². The van der Waals surface area contributed by atoms with E-state index in [4.69, 9.17) is 17.3 Å². The van der Waals surface area contributed by atoms with Crippen LogP contribution in [-0.4, -0.2) is 86.6 Å². The van der Waals surface area contributed by atoms with Crippen molar-refractivity contribution >= 4 is 29.1 Å². The van der Waals surface area contributed by atoms with Gasteiger partial charge in [0.15, 0.2) is 5.82 Å². The number of aromatic amines is 1. The zero-order valence-corrected chi connectivity index (χ0v) is 27.6. The Morgan fingerprint density at radius 3 is 2.28 bits per heavy atom. The number of benzene rings is 2. The first-order valence-electron chi connectivity index (χ1n) is 16.9. The van der Waals surface area contributed by atoms with E-state index < -0.39 is 5.92 Å². The number of halogens is 1. The number of carbonyl (C=O) groups excluding carboxylic acids is 2. The molecule has 3 aliphatic rings. The number of nitrogens with zero attached hydrogens (tertiary/aromatic N) is 5. The number of H-pyrrole nitrogens is 1. The standard InChI is InChI=1S/C35H46ClN7O3/c1-2-25-20-24(22-30(36)32(25)37)21-27(34(45)42-18-10-28(11-19-42)40-14-6-7-15-40)23-31(44)41-16-12-29(13-17-41)43-35(46)38-33(39-43)26-8-4-3-5-9-26/h3-5,8-9,20,22,27-29H,2,6-7,10-19,21,23,37H2,1H3,(H,38,39,46)/t27-/m0/s1. The van der Waals surface area contributed by atoms with Crippen molar-refractivity contribution < 1.29 is 9.59 Å². The van der Waals surface area contributed by atoms with Crippen molar-refractivity contribution in [2.75, 3.05) is 45.0 Å². The highest BCUT2D eigenvalue weighted by molar-refractivity contribution is 6.33. The van der Waals surface area contributed by atoms with Crippen LogP contribution in [0.4, 0.5) is 5.69 Å². The van der Waals surface area contributed by atoms with Gasteiger partial charge in [-0.05, 0) is 81.6 Å². The number of amides is 2. The molecule has 0 radical (unpaired) electrons. The van der Waals surface area contributed by atoms with Gasteiger partial charge in [0.05, 0.1) is 22.7 Å². The molecule has 0 saturated carbocycles. The van der Waals surface area contributed by atoms with Gasteiger partial charge in [-0.3, -0.25) is 14.6 Å². The molecular formula is C35H46ClN7O3. The first-order valence-corrected chi connectivity index (χ1v) is 17.3. The highest BCUT2D eigenvalue weighted by Crippen LogP contribution is 2.30. The van der Waals surface area contributed by atoms with Gasteiger partial charge < -0.3 is 20.4 Å². The number of rotatable bonds is 9. The van der Waals surface area contributed by atoms with Crippen molar-refractivity contribution in [3.63, 3.8) is 0 Å². The maximum absolute atomic E-state index is 14.1. The van der Waals surface area contributed by atoms with E-state index in [9.17, 15) is 14.4 Å². The van der Waals surface area contributed by atoms with Crippen LogP contribution in [0.1, 0.15) is 69.0 Å². The predicted molar refractivity (Wildman–Crippen MR) is 181 cm³/mol. The molecule has 246 valence electrons. The monoisotopic (exact) mass is 647 g/mol. The smallest absolute Gasteiger partial charge is 0.343 e. The van der Waals surface area contributed by atoms with Crippen molar-refractivity contribution in [1.82, 2.24) is 29.5 Å². The van der Waals surface area contributed by atoms with Crippen molar-refractivity contribution in [3.8, 4) is 11.4 Å². The molecule has 1 atom stereocenters. The molecule has 6 rings (SSSR count). The van der Waals surface area contributed by atoms with Crippen LogP contribution in [-0.2, 0) is 22.4 Å². The minimum Gasteiger partial charge on any atom is -0.397 e. The molecule has 3 fully saturated rings. The SMILES string of the molecule is CCc1cc(C[C@@H](CC(=O)N2CCC(n3nc(-c4ccccc4)[nH]c3=O)CC2)C(=O)N2CCC(N3CCCC3)CC2)cc(Cl)c1N. The number of hydrogen-bond acceptors (Lipinski definition) is 6. The van der Waals surface area contributed by atoms with E-state index >= 15 is 0 Å². The number of likely N-dealkylation sites (tertiary alicyclic amines) is 3. The maximum atomic E-state index is 14.1. The fourth-order valence-corrected chi connectivity index (χ4v) is 7.77. The lowest BCUT2D eigenvalue weighted by Crippen LogP contribution is -2.48. The first-order chi connectivity index (χ1) is 22.3. The zero-order chi connectivity index (χ0) is 32.2. The van der Waals surface area contributed by atoms with Gasteiger partial charge in [-0.2, -0.15) is 0 Å². The van der Waals surface area contributed by atoms with Gasteiger partial charge in [-0.1, -0.05) is 54.9 Å². The highest BCUT2D eigenvalue weighted by Gasteiger charge is 2.34. The lowest BCUT2D eigenvalue weighted by atomic mass is 9.91. The second-order valence-electron chi connectivity index (χ2n) is 13.1. The summed E-state index contributed by atoms with van der Waals surface area (Å²) in [6.45, 7) is 6.83. The number of aryl methyl sites for hydroxylation is 1. The molecule has 0 bridgehead atoms. The summed E-state index contributed by atoms with van der Waals surface area (Å²) in [6.07, 6.45) is 7.04. The van der Waals surface area contributed by atoms with Crippen LogP contribution in [0, 0.1) is 5.92 Å². The summed E-state index contributed by atoms with van der Waals surface area (Å²) in [4.78, 5) is 49.9. The van der Waals surface area contributed by atoms with Gasteiger partial charge in [0.25, 0.3) is 0 Å². The first kappa shape index (κ1) is 32.3. The summed E-state index contributed by atoms with van der Waals surface area (Å²) >= 11 is 6.50. The average Bonchev–Trinajstić information content (AvgIpc) is 3.77. The molecule has 0 aliphatic carbocycles. The molecule has 0 unspecified atom stereocenters. The maximum Gasteiger partial charge on any atom is 0.343 e. The molecule has 3 aliphatic heterocycles. The molecule has 2 amide bonds. The van der Waals surface area contributed by atoms with Crippen LogP contribution in [0.2, 0.25) is 5.02 Å². The minimum atomic E-state index is -0.486. The second kappa shape index (κ2) is 14.4. The lowest BCUT2D eigenvalue weighted by Gasteiger charge is -2.38. The van der Waals surface area contributed by atoms with Gasteiger partial charge in [0, 0.05) is 44.2 Å². The second-order valence-corrected chi connectivity index (χ2v) is 13.5. The summed E-state index contributed by atoms with van der Waals surface area (Å²) < 4.78 is 1.53. The summed E-state index contributed by atoms with van der Waals surface area (Å²) in [5.74, 6) is 0.0789. The summed E-state index contributed by atoms with van der Waals surface area (Å²) in [7, 11) is 0. The summed E-state index contributed by atoms with van der Waals surface area (Å²) in [5, 5.41) is 5.06. The Labute approximate surface area is 275 Å². The molecule has 3 saturated heterocycles. The molecule has 11 heteroatoms. The molecule has 1 aromatic heterocycles. The normalized spacial score (nSPS) is 19.1. The van der Waals surface area contributed by atoms with Gasteiger partial charge in [-0.25, -0.2) is 9.48 Å². The van der Waals surface area contributed by atoms with Crippen LogP contribution >= 0.6 is 11.6 Å². The van der Waals surface area contributed by atoms with E-state index in [2.05, 4.69) is 15.0 Å². The van der Waals surface area contributed by atoms with E-state index in [0.717, 1.165) is 62.1 Å². The van der Waals surface area contributed by atoms with Crippen LogP contribution in [0.15, 0.2) is 47.3 Å². The number of anilines is 1. The number of nitrogens with two attached hydrogens (primary N) is 1. The molecule has 2 aromatic carbocycles. The van der Waals surface area contributed by atoms with E-state index in [-0.39, 0.29) is 30.0 Å². The predicted octanol–water partition coefficient (Wildman–Crippen LogP) is 4.54. The Bertz CT molecular complexity index is 1570. The fraction of sp³-hybridized carbons (Fsp3) is 0.543. The van der Waals surface area contributed by atoms with Gasteiger partial charge in [0.1, 0.15) is 0 Å². The zero-order valence-electron chi connectivity index (χ0n) is 26.8. The fourth-order valence-electron chi connectivity index (χ4n) is 7.50. The summed E-state index contributed by atoms with van der Waals surface area (Å²) in [6, 6.07) is 13.9. The Kier molecular flexibility index (Phi) is 10.1. The third kappa shape index (κ3) is 7.18. The lowest BCUT2D eigenvalue weighted by molar-refractivity contribution is -0.143. The average molecular weight is 648 g/mol. The molecule has 0 spiro atoms. The van der Waals surface area contributed by atoms with Crippen molar-refractivity contribution in [2.24, 2.45) is 5.92 Å². The Morgan fingerprint density at radius 1 is 0.957 bits per heavy atom. The van der Waals surface area contributed by atoms with Gasteiger partial charge >= 0.3 is 5.69 Å². The van der Waals surface area contributed by atoms with Crippen LogP contribution in [0.5, 0.6) is 0 Å². The number of aromatic nitrogens is 3. The van der Waals surface area contributed by atoms with Crippen LogP contribution in [0.3, 0.4) is 0 Å². The van der Waals surface area contributed by atoms with Crippen molar-refractivity contribution in [3.05, 3.63) is 69.1 Å². The number of hydrogen-bond donors (Lipinski definition) is 2. The number of nitrogens with one attached hydrogen (secondary N) is 1. The van der Waals surface area contributed by atoms with Gasteiger partial charge in [-0.15, -0.1) is 5.10 Å². The molecule has 4 heterocycles. The largest absolute Gasteiger partial charge is 0.397 e. The van der Waals surface area contributed by atoms with E-state index in [1.165, 1.54) is 17.5 Å². The highest BCUT2D eigenvalue weighted by atomic mass is 35.5. The third-order valence-corrected chi connectivity index (χ3v) is 10.5. The molecular weight excluding hydrogens is 602 g/mol. The van der Waals surface area contributed by atoms with Crippen molar-refractivity contribution in [1.29, 1.82) is 0 Å².